The third-order valence-electron chi connectivity index (χ3n) is 3.64. The second-order valence-electron chi connectivity index (χ2n) is 5.01. The van der Waals surface area contributed by atoms with Gasteiger partial charge in [-0.3, -0.25) is 0 Å². The summed E-state index contributed by atoms with van der Waals surface area (Å²) in [6.07, 6.45) is -0.484. The van der Waals surface area contributed by atoms with Gasteiger partial charge in [0.2, 0.25) is 0 Å². The first-order valence-corrected chi connectivity index (χ1v) is 6.82. The van der Waals surface area contributed by atoms with Crippen LogP contribution in [-0.2, 0) is 13.1 Å². The quantitative estimate of drug-likeness (QED) is 0.897. The highest BCUT2D eigenvalue weighted by Gasteiger charge is 2.20. The van der Waals surface area contributed by atoms with E-state index in [9.17, 15) is 5.11 Å². The number of aliphatic hydroxyl groups excluding tert-OH is 1. The summed E-state index contributed by atoms with van der Waals surface area (Å²) in [5.41, 5.74) is 4.60. The SMILES string of the molecule is C[C@@H](O)c1ccc(N2Cc3ccccc3C2)c(Cl)c1. The number of hydrogen-bond donors (Lipinski definition) is 1. The Morgan fingerprint density at radius 1 is 1.11 bits per heavy atom. The molecule has 0 radical (unpaired) electrons. The first-order chi connectivity index (χ1) is 9.15. The highest BCUT2D eigenvalue weighted by Crippen LogP contribution is 2.34. The Morgan fingerprint density at radius 3 is 2.26 bits per heavy atom. The Hall–Kier alpha value is -1.51. The Kier molecular flexibility index (Phi) is 3.21. The van der Waals surface area contributed by atoms with Crippen molar-refractivity contribution in [2.75, 3.05) is 4.90 Å². The van der Waals surface area contributed by atoms with Crippen LogP contribution < -0.4 is 4.90 Å². The Balaban J connectivity index is 1.89. The molecule has 0 unspecified atom stereocenters. The van der Waals surface area contributed by atoms with Crippen LogP contribution >= 0.6 is 11.6 Å². The van der Waals surface area contributed by atoms with Crippen LogP contribution in [0.4, 0.5) is 5.69 Å². The summed E-state index contributed by atoms with van der Waals surface area (Å²) in [5.74, 6) is 0. The molecular formula is C16H16ClNO. The average molecular weight is 274 g/mol. The smallest absolute Gasteiger partial charge is 0.0762 e. The Bertz CT molecular complexity index is 584. The maximum atomic E-state index is 9.57. The van der Waals surface area contributed by atoms with Crippen LogP contribution in [0.1, 0.15) is 29.7 Å². The van der Waals surface area contributed by atoms with Crippen LogP contribution in [0, 0.1) is 0 Å². The molecule has 98 valence electrons. The molecule has 1 aliphatic rings. The second-order valence-corrected chi connectivity index (χ2v) is 5.42. The van der Waals surface area contributed by atoms with Crippen LogP contribution in [0.25, 0.3) is 0 Å². The predicted octanol–water partition coefficient (Wildman–Crippen LogP) is 3.91. The number of fused-ring (bicyclic) bond motifs is 1. The fraction of sp³-hybridized carbons (Fsp3) is 0.250. The zero-order valence-corrected chi connectivity index (χ0v) is 11.6. The van der Waals surface area contributed by atoms with Crippen LogP contribution in [-0.4, -0.2) is 5.11 Å². The van der Waals surface area contributed by atoms with Gasteiger partial charge < -0.3 is 10.0 Å². The number of halogens is 1. The monoisotopic (exact) mass is 273 g/mol. The first-order valence-electron chi connectivity index (χ1n) is 6.44. The molecule has 2 nitrogen and oxygen atoms in total. The molecule has 0 saturated carbocycles. The largest absolute Gasteiger partial charge is 0.389 e. The Labute approximate surface area is 118 Å². The second kappa shape index (κ2) is 4.87. The highest BCUT2D eigenvalue weighted by atomic mass is 35.5. The summed E-state index contributed by atoms with van der Waals surface area (Å²) >= 11 is 6.34. The van der Waals surface area contributed by atoms with E-state index in [2.05, 4.69) is 29.2 Å². The van der Waals surface area contributed by atoms with Crippen LogP contribution in [0.2, 0.25) is 5.02 Å². The minimum absolute atomic E-state index is 0.484. The van der Waals surface area contributed by atoms with E-state index in [1.807, 2.05) is 18.2 Å². The fourth-order valence-corrected chi connectivity index (χ4v) is 2.85. The molecule has 1 N–H and O–H groups in total. The van der Waals surface area contributed by atoms with Gasteiger partial charge in [-0.2, -0.15) is 0 Å². The van der Waals surface area contributed by atoms with E-state index in [0.29, 0.717) is 5.02 Å². The van der Waals surface area contributed by atoms with Gasteiger partial charge in [0.1, 0.15) is 0 Å². The summed E-state index contributed by atoms with van der Waals surface area (Å²) in [7, 11) is 0. The van der Waals surface area contributed by atoms with Gasteiger partial charge in [0.15, 0.2) is 0 Å². The maximum Gasteiger partial charge on any atom is 0.0762 e. The van der Waals surface area contributed by atoms with E-state index < -0.39 is 6.10 Å². The van der Waals surface area contributed by atoms with Gasteiger partial charge in [-0.1, -0.05) is 41.9 Å². The average Bonchev–Trinajstić information content (AvgIpc) is 2.81. The minimum atomic E-state index is -0.484. The van der Waals surface area contributed by atoms with Crippen molar-refractivity contribution < 1.29 is 5.11 Å². The summed E-state index contributed by atoms with van der Waals surface area (Å²) in [6.45, 7) is 3.53. The van der Waals surface area contributed by atoms with Gasteiger partial charge >= 0.3 is 0 Å². The molecule has 1 heterocycles. The van der Waals surface area contributed by atoms with Crippen molar-refractivity contribution in [2.24, 2.45) is 0 Å². The molecule has 3 heteroatoms. The lowest BCUT2D eigenvalue weighted by Gasteiger charge is -2.20. The van der Waals surface area contributed by atoms with E-state index in [1.165, 1.54) is 11.1 Å². The van der Waals surface area contributed by atoms with E-state index in [4.69, 9.17) is 11.6 Å². The third kappa shape index (κ3) is 2.34. The van der Waals surface area contributed by atoms with Crippen molar-refractivity contribution >= 4 is 17.3 Å². The summed E-state index contributed by atoms with van der Waals surface area (Å²) in [5, 5.41) is 10.3. The van der Waals surface area contributed by atoms with Gasteiger partial charge in [-0.25, -0.2) is 0 Å². The van der Waals surface area contributed by atoms with Crippen LogP contribution in [0.15, 0.2) is 42.5 Å². The zero-order chi connectivity index (χ0) is 13.4. The standard InChI is InChI=1S/C16H16ClNO/c1-11(19)12-6-7-16(15(17)8-12)18-9-13-4-2-3-5-14(13)10-18/h2-8,11,19H,9-10H2,1H3/t11-/m1/s1. The summed E-state index contributed by atoms with van der Waals surface area (Å²) in [4.78, 5) is 2.26. The molecule has 0 amide bonds. The molecule has 0 spiro atoms. The lowest BCUT2D eigenvalue weighted by molar-refractivity contribution is 0.199. The minimum Gasteiger partial charge on any atom is -0.389 e. The normalized spacial score (nSPS) is 15.4. The van der Waals surface area contributed by atoms with Gasteiger partial charge in [0.25, 0.3) is 0 Å². The highest BCUT2D eigenvalue weighted by molar-refractivity contribution is 6.33. The number of benzene rings is 2. The summed E-state index contributed by atoms with van der Waals surface area (Å²) < 4.78 is 0. The molecule has 1 atom stereocenters. The third-order valence-corrected chi connectivity index (χ3v) is 3.94. The fourth-order valence-electron chi connectivity index (χ4n) is 2.54. The van der Waals surface area contributed by atoms with Crippen molar-refractivity contribution in [2.45, 2.75) is 26.1 Å². The molecule has 0 aromatic heterocycles. The topological polar surface area (TPSA) is 23.5 Å². The van der Waals surface area contributed by atoms with E-state index in [-0.39, 0.29) is 0 Å². The molecule has 2 aromatic carbocycles. The van der Waals surface area contributed by atoms with Gasteiger partial charge in [-0.15, -0.1) is 0 Å². The lowest BCUT2D eigenvalue weighted by atomic mass is 10.1. The molecule has 0 fully saturated rings. The van der Waals surface area contributed by atoms with Gasteiger partial charge in [0.05, 0.1) is 16.8 Å². The van der Waals surface area contributed by atoms with E-state index in [0.717, 1.165) is 24.3 Å². The van der Waals surface area contributed by atoms with Crippen LogP contribution in [0.5, 0.6) is 0 Å². The number of hydrogen-bond acceptors (Lipinski definition) is 2. The van der Waals surface area contributed by atoms with Gasteiger partial charge in [-0.05, 0) is 35.7 Å². The van der Waals surface area contributed by atoms with Crippen molar-refractivity contribution in [1.82, 2.24) is 0 Å². The lowest BCUT2D eigenvalue weighted by Crippen LogP contribution is -2.15. The predicted molar refractivity (Wildman–Crippen MR) is 78.4 cm³/mol. The van der Waals surface area contributed by atoms with Crippen molar-refractivity contribution in [3.63, 3.8) is 0 Å². The molecule has 1 aliphatic heterocycles. The number of nitrogens with zero attached hydrogens (tertiary/aromatic N) is 1. The van der Waals surface area contributed by atoms with Crippen LogP contribution in [0.3, 0.4) is 0 Å². The molecule has 2 aromatic rings. The van der Waals surface area contributed by atoms with Gasteiger partial charge in [0, 0.05) is 13.1 Å². The molecule has 0 bridgehead atoms. The zero-order valence-electron chi connectivity index (χ0n) is 10.8. The molecule has 0 aliphatic carbocycles. The van der Waals surface area contributed by atoms with E-state index in [1.54, 1.807) is 6.92 Å². The molecule has 0 saturated heterocycles. The van der Waals surface area contributed by atoms with E-state index >= 15 is 0 Å². The molecule has 3 rings (SSSR count). The van der Waals surface area contributed by atoms with Crippen molar-refractivity contribution in [3.8, 4) is 0 Å². The maximum absolute atomic E-state index is 9.57. The van der Waals surface area contributed by atoms with Crippen molar-refractivity contribution in [3.05, 3.63) is 64.2 Å². The molecule has 19 heavy (non-hydrogen) atoms. The Morgan fingerprint density at radius 2 is 1.74 bits per heavy atom. The molecular weight excluding hydrogens is 258 g/mol. The first kappa shape index (κ1) is 12.5. The number of anilines is 1. The summed E-state index contributed by atoms with van der Waals surface area (Å²) in [6, 6.07) is 14.2. The number of rotatable bonds is 2. The number of aliphatic hydroxyl groups is 1. The van der Waals surface area contributed by atoms with Crippen molar-refractivity contribution in [1.29, 1.82) is 0 Å².